The molecule has 0 atom stereocenters. The molecule has 1 aromatic rings. The van der Waals surface area contributed by atoms with E-state index in [1.165, 1.54) is 19.4 Å². The van der Waals surface area contributed by atoms with Gasteiger partial charge in [-0.25, -0.2) is 4.98 Å². The number of rotatable bonds is 2. The van der Waals surface area contributed by atoms with Crippen molar-refractivity contribution in [3.8, 4) is 5.75 Å². The lowest BCUT2D eigenvalue weighted by molar-refractivity contribution is 0.112. The Balaban J connectivity index is 3.12. The van der Waals surface area contributed by atoms with Gasteiger partial charge in [0.15, 0.2) is 17.9 Å². The van der Waals surface area contributed by atoms with Gasteiger partial charge >= 0.3 is 0 Å². The Morgan fingerprint density at radius 1 is 1.73 bits per heavy atom. The van der Waals surface area contributed by atoms with E-state index in [0.29, 0.717) is 17.6 Å². The van der Waals surface area contributed by atoms with Gasteiger partial charge in [-0.05, 0) is 6.07 Å². The van der Waals surface area contributed by atoms with Crippen molar-refractivity contribution in [1.29, 1.82) is 0 Å². The fourth-order valence-corrected chi connectivity index (χ4v) is 0.698. The fourth-order valence-electron chi connectivity index (χ4n) is 0.698. The number of hydrogen-bond donors (Lipinski definition) is 1. The van der Waals surface area contributed by atoms with Crippen LogP contribution in [0.5, 0.6) is 5.75 Å². The van der Waals surface area contributed by atoms with Gasteiger partial charge in [0.1, 0.15) is 0 Å². The van der Waals surface area contributed by atoms with E-state index < -0.39 is 0 Å². The van der Waals surface area contributed by atoms with Crippen LogP contribution in [0, 0.1) is 0 Å². The summed E-state index contributed by atoms with van der Waals surface area (Å²) in [5.74, 6) is 0.715. The number of aldehydes is 1. The van der Waals surface area contributed by atoms with Crippen LogP contribution >= 0.6 is 0 Å². The van der Waals surface area contributed by atoms with Crippen molar-refractivity contribution >= 4 is 12.1 Å². The first kappa shape index (κ1) is 7.53. The third-order valence-corrected chi connectivity index (χ3v) is 1.26. The molecule has 0 fully saturated rings. The number of nitrogens with zero attached hydrogens (tertiary/aromatic N) is 1. The van der Waals surface area contributed by atoms with Crippen LogP contribution in [0.1, 0.15) is 10.4 Å². The largest absolute Gasteiger partial charge is 0.493 e. The number of nitrogen functional groups attached to an aromatic ring is 1. The molecule has 0 radical (unpaired) electrons. The van der Waals surface area contributed by atoms with Crippen molar-refractivity contribution in [1.82, 2.24) is 4.98 Å². The number of aromatic nitrogens is 1. The maximum Gasteiger partial charge on any atom is 0.166 e. The van der Waals surface area contributed by atoms with E-state index >= 15 is 0 Å². The topological polar surface area (TPSA) is 65.2 Å². The Morgan fingerprint density at radius 3 is 3.00 bits per heavy atom. The zero-order chi connectivity index (χ0) is 8.27. The van der Waals surface area contributed by atoms with Gasteiger partial charge in [-0.2, -0.15) is 0 Å². The molecule has 0 amide bonds. The van der Waals surface area contributed by atoms with E-state index in [2.05, 4.69) is 4.98 Å². The Kier molecular flexibility index (Phi) is 2.06. The van der Waals surface area contributed by atoms with Crippen molar-refractivity contribution in [3.63, 3.8) is 0 Å². The predicted molar refractivity (Wildman–Crippen MR) is 40.6 cm³/mol. The number of nitrogens with two attached hydrogens (primary N) is 1. The molecule has 0 aliphatic heterocycles. The van der Waals surface area contributed by atoms with Crippen molar-refractivity contribution < 1.29 is 9.53 Å². The summed E-state index contributed by atoms with van der Waals surface area (Å²) < 4.78 is 4.84. The molecule has 4 nitrogen and oxygen atoms in total. The Bertz CT molecular complexity index is 273. The second-order valence-electron chi connectivity index (χ2n) is 1.97. The molecule has 0 bridgehead atoms. The van der Waals surface area contributed by atoms with Gasteiger partial charge < -0.3 is 10.5 Å². The minimum atomic E-state index is 0.290. The highest BCUT2D eigenvalue weighted by molar-refractivity contribution is 5.76. The predicted octanol–water partition coefficient (Wildman–Crippen LogP) is 0.485. The molecule has 58 valence electrons. The van der Waals surface area contributed by atoms with E-state index in [4.69, 9.17) is 10.5 Å². The first-order chi connectivity index (χ1) is 5.27. The van der Waals surface area contributed by atoms with Crippen LogP contribution in [0.25, 0.3) is 0 Å². The van der Waals surface area contributed by atoms with Crippen molar-refractivity contribution in [3.05, 3.63) is 17.8 Å². The third-order valence-electron chi connectivity index (χ3n) is 1.26. The Labute approximate surface area is 64.0 Å². The number of pyridine rings is 1. The zero-order valence-electron chi connectivity index (χ0n) is 6.07. The molecule has 0 saturated carbocycles. The minimum Gasteiger partial charge on any atom is -0.493 e. The first-order valence-corrected chi connectivity index (χ1v) is 3.02. The van der Waals surface area contributed by atoms with Gasteiger partial charge in [0, 0.05) is 11.8 Å². The average Bonchev–Trinajstić information content (AvgIpc) is 2.05. The van der Waals surface area contributed by atoms with Crippen molar-refractivity contribution in [2.24, 2.45) is 0 Å². The smallest absolute Gasteiger partial charge is 0.166 e. The highest BCUT2D eigenvalue weighted by Crippen LogP contribution is 2.17. The molecular weight excluding hydrogens is 144 g/mol. The SMILES string of the molecule is COc1cc(C=O)cnc1N. The van der Waals surface area contributed by atoms with E-state index in [-0.39, 0.29) is 5.82 Å². The molecule has 0 aliphatic rings. The van der Waals surface area contributed by atoms with Crippen LogP contribution in [-0.4, -0.2) is 18.4 Å². The summed E-state index contributed by atoms with van der Waals surface area (Å²) in [5.41, 5.74) is 5.86. The summed E-state index contributed by atoms with van der Waals surface area (Å²) in [4.78, 5) is 14.0. The Hall–Kier alpha value is -1.58. The molecule has 11 heavy (non-hydrogen) atoms. The van der Waals surface area contributed by atoms with Crippen LogP contribution in [0.4, 0.5) is 5.82 Å². The van der Waals surface area contributed by atoms with E-state index in [1.807, 2.05) is 0 Å². The van der Waals surface area contributed by atoms with Crippen LogP contribution < -0.4 is 10.5 Å². The number of anilines is 1. The number of ether oxygens (including phenoxy) is 1. The van der Waals surface area contributed by atoms with E-state index in [9.17, 15) is 4.79 Å². The van der Waals surface area contributed by atoms with Crippen LogP contribution in [0.2, 0.25) is 0 Å². The molecule has 0 saturated heterocycles. The molecule has 0 aromatic carbocycles. The molecule has 0 aliphatic carbocycles. The monoisotopic (exact) mass is 152 g/mol. The summed E-state index contributed by atoms with van der Waals surface area (Å²) in [6.45, 7) is 0. The zero-order valence-corrected chi connectivity index (χ0v) is 6.07. The lowest BCUT2D eigenvalue weighted by atomic mass is 10.3. The summed E-state index contributed by atoms with van der Waals surface area (Å²) in [7, 11) is 1.47. The second kappa shape index (κ2) is 3.01. The highest BCUT2D eigenvalue weighted by atomic mass is 16.5. The Morgan fingerprint density at radius 2 is 2.45 bits per heavy atom. The number of carbonyl (C=O) groups excluding carboxylic acids is 1. The standard InChI is InChI=1S/C7H8N2O2/c1-11-6-2-5(4-10)3-9-7(6)8/h2-4H,1H3,(H2,8,9). The van der Waals surface area contributed by atoms with Gasteiger partial charge in [-0.15, -0.1) is 0 Å². The lowest BCUT2D eigenvalue weighted by Gasteiger charge is -2.01. The van der Waals surface area contributed by atoms with Gasteiger partial charge in [-0.3, -0.25) is 4.79 Å². The van der Waals surface area contributed by atoms with Gasteiger partial charge in [-0.1, -0.05) is 0 Å². The summed E-state index contributed by atoms with van der Waals surface area (Å²) in [6.07, 6.45) is 2.08. The molecule has 0 spiro atoms. The van der Waals surface area contributed by atoms with Crippen molar-refractivity contribution in [2.45, 2.75) is 0 Å². The second-order valence-corrected chi connectivity index (χ2v) is 1.97. The molecule has 0 unspecified atom stereocenters. The maximum atomic E-state index is 10.2. The van der Waals surface area contributed by atoms with Crippen LogP contribution in [0.3, 0.4) is 0 Å². The normalized spacial score (nSPS) is 9.18. The number of methoxy groups -OCH3 is 1. The van der Waals surface area contributed by atoms with Gasteiger partial charge in [0.2, 0.25) is 0 Å². The first-order valence-electron chi connectivity index (χ1n) is 3.02. The van der Waals surface area contributed by atoms with Crippen molar-refractivity contribution in [2.75, 3.05) is 12.8 Å². The van der Waals surface area contributed by atoms with E-state index in [0.717, 1.165) is 0 Å². The molecular formula is C7H8N2O2. The van der Waals surface area contributed by atoms with Crippen LogP contribution in [0.15, 0.2) is 12.3 Å². The molecule has 2 N–H and O–H groups in total. The quantitative estimate of drug-likeness (QED) is 0.626. The van der Waals surface area contributed by atoms with Gasteiger partial charge in [0.25, 0.3) is 0 Å². The summed E-state index contributed by atoms with van der Waals surface area (Å²) in [5, 5.41) is 0. The molecule has 1 rings (SSSR count). The summed E-state index contributed by atoms with van der Waals surface area (Å²) >= 11 is 0. The maximum absolute atomic E-state index is 10.2. The number of carbonyl (C=O) groups is 1. The van der Waals surface area contributed by atoms with E-state index in [1.54, 1.807) is 0 Å². The van der Waals surface area contributed by atoms with Crippen LogP contribution in [-0.2, 0) is 0 Å². The molecule has 1 aromatic heterocycles. The third kappa shape index (κ3) is 1.46. The molecule has 4 heteroatoms. The molecule has 1 heterocycles. The summed E-state index contributed by atoms with van der Waals surface area (Å²) in [6, 6.07) is 1.54. The average molecular weight is 152 g/mol. The fraction of sp³-hybridized carbons (Fsp3) is 0.143. The minimum absolute atomic E-state index is 0.290. The van der Waals surface area contributed by atoms with Gasteiger partial charge in [0.05, 0.1) is 7.11 Å². The lowest BCUT2D eigenvalue weighted by Crippen LogP contribution is -1.96. The number of hydrogen-bond acceptors (Lipinski definition) is 4. The highest BCUT2D eigenvalue weighted by Gasteiger charge is 2.00.